The molecule has 1 aliphatic rings. The molecular formula is C22H23N5O2. The number of rotatable bonds is 5. The van der Waals surface area contributed by atoms with Gasteiger partial charge in [-0.25, -0.2) is 9.97 Å². The molecule has 1 N–H and O–H groups in total. The lowest BCUT2D eigenvalue weighted by molar-refractivity contribution is 0.102. The summed E-state index contributed by atoms with van der Waals surface area (Å²) in [5.41, 5.74) is 2.27. The van der Waals surface area contributed by atoms with Gasteiger partial charge >= 0.3 is 0 Å². The van der Waals surface area contributed by atoms with Crippen molar-refractivity contribution in [2.75, 3.05) is 48.4 Å². The molecule has 0 bridgehead atoms. The average Bonchev–Trinajstić information content (AvgIpc) is 2.80. The van der Waals surface area contributed by atoms with Crippen LogP contribution in [0.3, 0.4) is 0 Å². The van der Waals surface area contributed by atoms with Gasteiger partial charge in [0, 0.05) is 43.8 Å². The number of carbonyl (C=O) groups excluding carboxylic acids is 1. The lowest BCUT2D eigenvalue weighted by Gasteiger charge is -2.36. The molecule has 7 nitrogen and oxygen atoms in total. The van der Waals surface area contributed by atoms with E-state index in [2.05, 4.69) is 37.2 Å². The molecule has 1 fully saturated rings. The molecule has 29 heavy (non-hydrogen) atoms. The summed E-state index contributed by atoms with van der Waals surface area (Å²) < 4.78 is 5.22. The number of piperazine rings is 1. The Morgan fingerprint density at radius 2 is 1.62 bits per heavy atom. The number of amides is 1. The predicted octanol–water partition coefficient (Wildman–Crippen LogP) is 3.06. The number of ether oxygens (including phenoxy) is 1. The summed E-state index contributed by atoms with van der Waals surface area (Å²) in [4.78, 5) is 25.8. The highest BCUT2D eigenvalue weighted by Gasteiger charge is 2.20. The number of aromatic nitrogens is 2. The van der Waals surface area contributed by atoms with Crippen molar-refractivity contribution >= 4 is 23.2 Å². The van der Waals surface area contributed by atoms with E-state index in [0.717, 1.165) is 37.6 Å². The number of carbonyl (C=O) groups is 1. The highest BCUT2D eigenvalue weighted by molar-refractivity contribution is 6.02. The molecule has 2 heterocycles. The fraction of sp³-hybridized carbons (Fsp3) is 0.227. The van der Waals surface area contributed by atoms with Crippen LogP contribution in [-0.2, 0) is 0 Å². The van der Waals surface area contributed by atoms with Crippen LogP contribution < -0.4 is 19.9 Å². The van der Waals surface area contributed by atoms with Gasteiger partial charge in [-0.2, -0.15) is 0 Å². The maximum absolute atomic E-state index is 12.5. The Morgan fingerprint density at radius 3 is 2.31 bits per heavy atom. The number of hydrogen-bond acceptors (Lipinski definition) is 6. The summed E-state index contributed by atoms with van der Waals surface area (Å²) in [6, 6.07) is 19.1. The van der Waals surface area contributed by atoms with Crippen LogP contribution in [0.2, 0.25) is 0 Å². The third kappa shape index (κ3) is 4.45. The number of para-hydroxylation sites is 1. The highest BCUT2D eigenvalue weighted by atomic mass is 16.5. The summed E-state index contributed by atoms with van der Waals surface area (Å²) in [7, 11) is 1.67. The largest absolute Gasteiger partial charge is 0.497 e. The fourth-order valence-electron chi connectivity index (χ4n) is 3.30. The van der Waals surface area contributed by atoms with Crippen molar-refractivity contribution in [2.45, 2.75) is 0 Å². The first-order chi connectivity index (χ1) is 14.2. The van der Waals surface area contributed by atoms with Gasteiger partial charge < -0.3 is 19.9 Å². The van der Waals surface area contributed by atoms with E-state index in [9.17, 15) is 4.79 Å². The number of nitrogens with zero attached hydrogens (tertiary/aromatic N) is 4. The van der Waals surface area contributed by atoms with Gasteiger partial charge in [-0.3, -0.25) is 4.79 Å². The fourth-order valence-corrected chi connectivity index (χ4v) is 3.30. The van der Waals surface area contributed by atoms with Crippen molar-refractivity contribution in [3.63, 3.8) is 0 Å². The number of nitrogens with one attached hydrogen (secondary N) is 1. The zero-order valence-corrected chi connectivity index (χ0v) is 16.3. The minimum Gasteiger partial charge on any atom is -0.497 e. The Labute approximate surface area is 170 Å². The zero-order valence-electron chi connectivity index (χ0n) is 16.3. The Hall–Kier alpha value is -3.61. The van der Waals surface area contributed by atoms with Crippen molar-refractivity contribution in [1.29, 1.82) is 0 Å². The smallest absolute Gasteiger partial charge is 0.274 e. The van der Waals surface area contributed by atoms with E-state index in [1.54, 1.807) is 19.4 Å². The molecular weight excluding hydrogens is 366 g/mol. The highest BCUT2D eigenvalue weighted by Crippen LogP contribution is 2.21. The monoisotopic (exact) mass is 389 g/mol. The first-order valence-corrected chi connectivity index (χ1v) is 9.56. The van der Waals surface area contributed by atoms with Gasteiger partial charge in [0.25, 0.3) is 5.91 Å². The zero-order chi connectivity index (χ0) is 20.1. The van der Waals surface area contributed by atoms with Gasteiger partial charge in [-0.1, -0.05) is 18.2 Å². The molecule has 0 saturated carbocycles. The summed E-state index contributed by atoms with van der Waals surface area (Å²) in [5.74, 6) is 1.20. The van der Waals surface area contributed by atoms with Crippen LogP contribution in [-0.4, -0.2) is 49.2 Å². The van der Waals surface area contributed by atoms with E-state index in [-0.39, 0.29) is 5.91 Å². The molecule has 3 aromatic rings. The van der Waals surface area contributed by atoms with Gasteiger partial charge in [0.1, 0.15) is 11.4 Å². The van der Waals surface area contributed by atoms with E-state index in [1.165, 1.54) is 5.69 Å². The third-order valence-electron chi connectivity index (χ3n) is 4.91. The summed E-state index contributed by atoms with van der Waals surface area (Å²) in [6.45, 7) is 3.29. The van der Waals surface area contributed by atoms with Gasteiger partial charge in [0.15, 0.2) is 0 Å². The second-order valence-electron chi connectivity index (χ2n) is 6.73. The van der Waals surface area contributed by atoms with E-state index >= 15 is 0 Å². The molecule has 1 aliphatic heterocycles. The van der Waals surface area contributed by atoms with Crippen LogP contribution >= 0.6 is 0 Å². The quantitative estimate of drug-likeness (QED) is 0.723. The standard InChI is InChI=1S/C22H23N5O2/c1-29-19-9-7-18(8-10-19)26-13-15-27(16-14-26)22-23-12-11-20(25-22)21(28)24-17-5-3-2-4-6-17/h2-12H,13-16H2,1H3,(H,24,28). The summed E-state index contributed by atoms with van der Waals surface area (Å²) >= 11 is 0. The first kappa shape index (κ1) is 18.7. The van der Waals surface area contributed by atoms with Crippen LogP contribution in [0.4, 0.5) is 17.3 Å². The van der Waals surface area contributed by atoms with Crippen molar-refractivity contribution in [3.05, 3.63) is 72.6 Å². The summed E-state index contributed by atoms with van der Waals surface area (Å²) in [5, 5.41) is 2.86. The molecule has 1 saturated heterocycles. The van der Waals surface area contributed by atoms with Crippen LogP contribution in [0.5, 0.6) is 5.75 Å². The Morgan fingerprint density at radius 1 is 0.931 bits per heavy atom. The van der Waals surface area contributed by atoms with Gasteiger partial charge in [-0.05, 0) is 42.5 Å². The minimum absolute atomic E-state index is 0.239. The van der Waals surface area contributed by atoms with Crippen molar-refractivity contribution in [1.82, 2.24) is 9.97 Å². The molecule has 0 spiro atoms. The van der Waals surface area contributed by atoms with Crippen LogP contribution in [0, 0.1) is 0 Å². The van der Waals surface area contributed by atoms with Crippen LogP contribution in [0.25, 0.3) is 0 Å². The normalized spacial score (nSPS) is 13.8. The average molecular weight is 389 g/mol. The predicted molar refractivity (Wildman–Crippen MR) is 114 cm³/mol. The third-order valence-corrected chi connectivity index (χ3v) is 4.91. The van der Waals surface area contributed by atoms with Crippen molar-refractivity contribution in [3.8, 4) is 5.75 Å². The van der Waals surface area contributed by atoms with Crippen LogP contribution in [0.15, 0.2) is 66.9 Å². The number of benzene rings is 2. The maximum atomic E-state index is 12.5. The van der Waals surface area contributed by atoms with E-state index < -0.39 is 0 Å². The van der Waals surface area contributed by atoms with Crippen molar-refractivity contribution in [2.24, 2.45) is 0 Å². The molecule has 2 aromatic carbocycles. The minimum atomic E-state index is -0.239. The molecule has 7 heteroatoms. The van der Waals surface area contributed by atoms with Crippen LogP contribution in [0.1, 0.15) is 10.5 Å². The molecule has 1 aromatic heterocycles. The topological polar surface area (TPSA) is 70.6 Å². The van der Waals surface area contributed by atoms with Gasteiger partial charge in [-0.15, -0.1) is 0 Å². The Bertz CT molecular complexity index is 954. The Balaban J connectivity index is 1.39. The molecule has 0 aliphatic carbocycles. The van der Waals surface area contributed by atoms with E-state index in [4.69, 9.17) is 4.74 Å². The van der Waals surface area contributed by atoms with Gasteiger partial charge in [0.2, 0.25) is 5.95 Å². The Kier molecular flexibility index (Phi) is 5.56. The first-order valence-electron chi connectivity index (χ1n) is 9.56. The molecule has 1 amide bonds. The van der Waals surface area contributed by atoms with Crippen molar-refractivity contribution < 1.29 is 9.53 Å². The molecule has 0 unspecified atom stereocenters. The summed E-state index contributed by atoms with van der Waals surface area (Å²) in [6.07, 6.45) is 1.64. The molecule has 0 atom stereocenters. The number of anilines is 3. The number of hydrogen-bond donors (Lipinski definition) is 1. The van der Waals surface area contributed by atoms with E-state index in [0.29, 0.717) is 11.6 Å². The second kappa shape index (κ2) is 8.60. The maximum Gasteiger partial charge on any atom is 0.274 e. The number of methoxy groups -OCH3 is 1. The lowest BCUT2D eigenvalue weighted by atomic mass is 10.2. The molecule has 4 rings (SSSR count). The van der Waals surface area contributed by atoms with Gasteiger partial charge in [0.05, 0.1) is 7.11 Å². The lowest BCUT2D eigenvalue weighted by Crippen LogP contribution is -2.47. The second-order valence-corrected chi connectivity index (χ2v) is 6.73. The molecule has 148 valence electrons. The van der Waals surface area contributed by atoms with E-state index in [1.807, 2.05) is 42.5 Å². The SMILES string of the molecule is COc1ccc(N2CCN(c3nccc(C(=O)Nc4ccccc4)n3)CC2)cc1. The molecule has 0 radical (unpaired) electrons.